The van der Waals surface area contributed by atoms with Crippen LogP contribution in [0.15, 0.2) is 30.3 Å². The minimum atomic E-state index is -0.361. The quantitative estimate of drug-likeness (QED) is 0.231. The third-order valence-electron chi connectivity index (χ3n) is 7.68. The summed E-state index contributed by atoms with van der Waals surface area (Å²) in [5.74, 6) is -0.235. The topological polar surface area (TPSA) is 71.8 Å². The van der Waals surface area contributed by atoms with Gasteiger partial charge in [-0.15, -0.1) is 11.3 Å². The van der Waals surface area contributed by atoms with E-state index >= 15 is 0 Å². The van der Waals surface area contributed by atoms with Crippen molar-refractivity contribution in [2.45, 2.75) is 78.7 Å². The third kappa shape index (κ3) is 5.62. The zero-order valence-corrected chi connectivity index (χ0v) is 24.7. The van der Waals surface area contributed by atoms with Gasteiger partial charge in [0, 0.05) is 18.7 Å². The highest BCUT2D eigenvalue weighted by Crippen LogP contribution is 2.48. The predicted octanol–water partition coefficient (Wildman–Crippen LogP) is 6.84. The lowest BCUT2D eigenvalue weighted by molar-refractivity contribution is -0.131. The number of thiophene rings is 1. The van der Waals surface area contributed by atoms with Crippen molar-refractivity contribution in [1.82, 2.24) is 9.47 Å². The summed E-state index contributed by atoms with van der Waals surface area (Å²) < 4.78 is 8.20. The second-order valence-corrected chi connectivity index (χ2v) is 11.3. The van der Waals surface area contributed by atoms with Crippen molar-refractivity contribution in [3.05, 3.63) is 40.8 Å². The average Bonchev–Trinajstić information content (AvgIpc) is 3.46. The number of benzene rings is 1. The molecular weight excluding hydrogens is 510 g/mol. The maximum Gasteiger partial charge on any atom is 0.348 e. The van der Waals surface area contributed by atoms with Crippen molar-refractivity contribution in [3.8, 4) is 11.3 Å². The van der Waals surface area contributed by atoms with Gasteiger partial charge in [0.25, 0.3) is 0 Å². The standard InChI is InChI=1S/C31H41N3O4S/c1-6-10-14-21(13-7-2)28-29-22-15-11-12-16-23(22)33(19-26(35)32(9-4)17-8-3)27(36)20-34(29)24-18-25(31(37)38-5)39-30(24)28/h11-12,15-16,18,21H,6-10,13-14,17,19-20H2,1-5H3. The second kappa shape index (κ2) is 12.8. The first kappa shape index (κ1) is 28.9. The number of carbonyl (C=O) groups excluding carboxylic acids is 3. The zero-order chi connectivity index (χ0) is 28.1. The number of para-hydroxylation sites is 1. The number of unbranched alkanes of at least 4 members (excludes halogenated alkanes) is 1. The zero-order valence-electron chi connectivity index (χ0n) is 23.9. The number of fused-ring (bicyclic) bond motifs is 5. The van der Waals surface area contributed by atoms with E-state index in [2.05, 4.69) is 31.4 Å². The molecule has 0 spiro atoms. The number of esters is 1. The summed E-state index contributed by atoms with van der Waals surface area (Å²) in [7, 11) is 1.40. The number of ether oxygens (including phenoxy) is 1. The van der Waals surface area contributed by atoms with Crippen molar-refractivity contribution in [2.24, 2.45) is 0 Å². The van der Waals surface area contributed by atoms with Crippen LogP contribution in [0.5, 0.6) is 0 Å². The largest absolute Gasteiger partial charge is 0.465 e. The van der Waals surface area contributed by atoms with Crippen molar-refractivity contribution >= 4 is 45.0 Å². The fraction of sp³-hybridized carbons (Fsp3) is 0.516. The molecule has 1 unspecified atom stereocenters. The molecule has 4 rings (SSSR count). The fourth-order valence-corrected chi connectivity index (χ4v) is 7.02. The van der Waals surface area contributed by atoms with Gasteiger partial charge in [-0.1, -0.05) is 58.2 Å². The number of nitrogens with zero attached hydrogens (tertiary/aromatic N) is 3. The van der Waals surface area contributed by atoms with Crippen LogP contribution in [0.1, 0.15) is 87.4 Å². The van der Waals surface area contributed by atoms with E-state index < -0.39 is 0 Å². The average molecular weight is 552 g/mol. The Morgan fingerprint density at radius 2 is 1.85 bits per heavy atom. The molecule has 0 radical (unpaired) electrons. The minimum Gasteiger partial charge on any atom is -0.465 e. The number of hydrogen-bond donors (Lipinski definition) is 0. The molecule has 8 heteroatoms. The van der Waals surface area contributed by atoms with E-state index in [1.54, 1.807) is 4.90 Å². The van der Waals surface area contributed by atoms with Gasteiger partial charge in [0.2, 0.25) is 11.8 Å². The first-order chi connectivity index (χ1) is 18.9. The van der Waals surface area contributed by atoms with Crippen LogP contribution in [0.25, 0.3) is 21.5 Å². The summed E-state index contributed by atoms with van der Waals surface area (Å²) in [4.78, 5) is 43.8. The van der Waals surface area contributed by atoms with E-state index in [0.29, 0.717) is 23.9 Å². The van der Waals surface area contributed by atoms with Gasteiger partial charge in [0.05, 0.1) is 28.7 Å². The Morgan fingerprint density at radius 1 is 1.08 bits per heavy atom. The summed E-state index contributed by atoms with van der Waals surface area (Å²) in [6, 6.07) is 9.83. The molecule has 0 N–H and O–H groups in total. The summed E-state index contributed by atoms with van der Waals surface area (Å²) in [5, 5.41) is 0. The molecule has 1 atom stereocenters. The molecule has 0 aliphatic carbocycles. The molecule has 0 fully saturated rings. The highest BCUT2D eigenvalue weighted by atomic mass is 32.1. The van der Waals surface area contributed by atoms with Crippen molar-refractivity contribution in [1.29, 1.82) is 0 Å². The Balaban J connectivity index is 1.93. The number of anilines is 1. The number of likely N-dealkylation sites (N-methyl/N-ethyl adjacent to an activating group) is 1. The normalized spacial score (nSPS) is 13.7. The summed E-state index contributed by atoms with van der Waals surface area (Å²) in [6.45, 7) is 9.85. The minimum absolute atomic E-state index is 0.0122. The number of methoxy groups -OCH3 is 1. The lowest BCUT2D eigenvalue weighted by Gasteiger charge is -2.27. The van der Waals surface area contributed by atoms with E-state index in [-0.39, 0.29) is 30.9 Å². The first-order valence-electron chi connectivity index (χ1n) is 14.3. The maximum absolute atomic E-state index is 13.9. The van der Waals surface area contributed by atoms with Gasteiger partial charge < -0.3 is 19.1 Å². The SMILES string of the molecule is CCCCC(CCC)c1c2n(c3cc(C(=O)OC)sc13)CC(=O)N(CC(=O)N(CC)CCC)c1ccccc1-2. The number of amides is 2. The van der Waals surface area contributed by atoms with Gasteiger partial charge in [-0.25, -0.2) is 4.79 Å². The third-order valence-corrected chi connectivity index (χ3v) is 8.81. The molecule has 210 valence electrons. The molecule has 1 aliphatic rings. The molecule has 0 bridgehead atoms. The highest BCUT2D eigenvalue weighted by Gasteiger charge is 2.34. The summed E-state index contributed by atoms with van der Waals surface area (Å²) in [5.41, 5.74) is 4.88. The lowest BCUT2D eigenvalue weighted by Crippen LogP contribution is -2.44. The van der Waals surface area contributed by atoms with Crippen LogP contribution < -0.4 is 4.90 Å². The molecule has 7 nitrogen and oxygen atoms in total. The monoisotopic (exact) mass is 551 g/mol. The Labute approximate surface area is 235 Å². The van der Waals surface area contributed by atoms with E-state index in [1.807, 2.05) is 36.1 Å². The van der Waals surface area contributed by atoms with Crippen LogP contribution >= 0.6 is 11.3 Å². The van der Waals surface area contributed by atoms with Gasteiger partial charge in [-0.05, 0) is 49.8 Å². The Kier molecular flexibility index (Phi) is 9.49. The Hall–Kier alpha value is -3.13. The van der Waals surface area contributed by atoms with Gasteiger partial charge in [-0.2, -0.15) is 0 Å². The smallest absolute Gasteiger partial charge is 0.348 e. The van der Waals surface area contributed by atoms with E-state index in [4.69, 9.17) is 4.74 Å². The predicted molar refractivity (Wildman–Crippen MR) is 159 cm³/mol. The van der Waals surface area contributed by atoms with Crippen LogP contribution in [-0.4, -0.2) is 54.0 Å². The van der Waals surface area contributed by atoms with Gasteiger partial charge >= 0.3 is 5.97 Å². The first-order valence-corrected chi connectivity index (χ1v) is 15.1. The van der Waals surface area contributed by atoms with Crippen molar-refractivity contribution < 1.29 is 19.1 Å². The molecule has 1 aliphatic heterocycles. The summed E-state index contributed by atoms with van der Waals surface area (Å²) >= 11 is 1.46. The molecule has 0 saturated heterocycles. The molecule has 2 amide bonds. The van der Waals surface area contributed by atoms with Crippen molar-refractivity contribution in [3.63, 3.8) is 0 Å². The molecule has 2 aromatic heterocycles. The van der Waals surface area contributed by atoms with Crippen LogP contribution in [0.2, 0.25) is 0 Å². The molecule has 3 heterocycles. The number of aromatic nitrogens is 1. The maximum atomic E-state index is 13.9. The Bertz CT molecular complexity index is 1340. The van der Waals surface area contributed by atoms with Crippen LogP contribution in [0.4, 0.5) is 5.69 Å². The Morgan fingerprint density at radius 3 is 2.51 bits per heavy atom. The van der Waals surface area contributed by atoms with Crippen LogP contribution in [-0.2, 0) is 20.9 Å². The van der Waals surface area contributed by atoms with Crippen LogP contribution in [0, 0.1) is 0 Å². The van der Waals surface area contributed by atoms with E-state index in [1.165, 1.54) is 24.0 Å². The number of rotatable bonds is 12. The number of carbonyl (C=O) groups is 3. The summed E-state index contributed by atoms with van der Waals surface area (Å²) in [6.07, 6.45) is 6.20. The van der Waals surface area contributed by atoms with Gasteiger partial charge in [0.1, 0.15) is 18.0 Å². The molecule has 0 saturated carbocycles. The van der Waals surface area contributed by atoms with Gasteiger partial charge in [0.15, 0.2) is 0 Å². The molecule has 39 heavy (non-hydrogen) atoms. The molecular formula is C31H41N3O4S. The second-order valence-electron chi connectivity index (χ2n) is 10.3. The number of hydrogen-bond acceptors (Lipinski definition) is 5. The van der Waals surface area contributed by atoms with Crippen LogP contribution in [0.3, 0.4) is 0 Å². The lowest BCUT2D eigenvalue weighted by atomic mass is 9.87. The molecule has 3 aromatic rings. The van der Waals surface area contributed by atoms with E-state index in [0.717, 1.165) is 65.7 Å². The fourth-order valence-electron chi connectivity index (χ4n) is 5.82. The highest BCUT2D eigenvalue weighted by molar-refractivity contribution is 7.21. The van der Waals surface area contributed by atoms with E-state index in [9.17, 15) is 14.4 Å². The van der Waals surface area contributed by atoms with Gasteiger partial charge in [-0.3, -0.25) is 9.59 Å². The van der Waals surface area contributed by atoms with Crippen molar-refractivity contribution in [2.75, 3.05) is 31.6 Å². The molecule has 1 aromatic carbocycles.